The number of aryl methyl sites for hydroxylation is 1. The third-order valence-corrected chi connectivity index (χ3v) is 6.41. The molecule has 0 N–H and O–H groups in total. The second-order valence-corrected chi connectivity index (χ2v) is 8.45. The predicted octanol–water partition coefficient (Wildman–Crippen LogP) is 1.17. The summed E-state index contributed by atoms with van der Waals surface area (Å²) in [6, 6.07) is 6.71. The number of likely N-dealkylation sites (N-methyl/N-ethyl adjacent to an activating group) is 1. The average Bonchev–Trinajstić information content (AvgIpc) is 2.80. The van der Waals surface area contributed by atoms with E-state index in [2.05, 4.69) is 4.90 Å². The minimum Gasteiger partial charge on any atom is -0.347 e. The molecule has 24 heavy (non-hydrogen) atoms. The van der Waals surface area contributed by atoms with E-state index in [4.69, 9.17) is 0 Å². The molecule has 1 fully saturated rings. The van der Waals surface area contributed by atoms with Gasteiger partial charge in [0.05, 0.1) is 10.9 Å². The number of hydrogen-bond donors (Lipinski definition) is 0. The molecule has 6 nitrogen and oxygen atoms in total. The number of carbonyl (C=O) groups is 1. The zero-order valence-corrected chi connectivity index (χ0v) is 15.7. The third-order valence-electron chi connectivity index (χ3n) is 4.49. The van der Waals surface area contributed by atoms with E-state index in [0.29, 0.717) is 24.5 Å². The van der Waals surface area contributed by atoms with Crippen molar-refractivity contribution in [3.63, 3.8) is 0 Å². The number of benzene rings is 1. The molecule has 0 saturated carbocycles. The molecule has 0 radical (unpaired) electrons. The van der Waals surface area contributed by atoms with Crippen LogP contribution >= 0.6 is 0 Å². The van der Waals surface area contributed by atoms with Gasteiger partial charge in [0.25, 0.3) is 0 Å². The lowest BCUT2D eigenvalue weighted by molar-refractivity contribution is -0.133. The first-order valence-corrected chi connectivity index (χ1v) is 9.69. The van der Waals surface area contributed by atoms with E-state index in [1.54, 1.807) is 31.1 Å². The molecule has 1 aromatic carbocycles. The van der Waals surface area contributed by atoms with Crippen molar-refractivity contribution >= 4 is 15.9 Å². The highest BCUT2D eigenvalue weighted by Gasteiger charge is 2.30. The molecule has 1 heterocycles. The van der Waals surface area contributed by atoms with E-state index < -0.39 is 10.0 Å². The first-order valence-electron chi connectivity index (χ1n) is 8.25. The van der Waals surface area contributed by atoms with Gasteiger partial charge in [0.1, 0.15) is 0 Å². The summed E-state index contributed by atoms with van der Waals surface area (Å²) in [6.45, 7) is 5.99. The molecular formula is C17H27N3O3S. The SMILES string of the molecule is Cc1ccc(S(=O)(=O)N2CCCN([C@H](C)C(=O)N(C)C)CC2)cc1. The van der Waals surface area contributed by atoms with Crippen LogP contribution in [-0.2, 0) is 14.8 Å². The fourth-order valence-electron chi connectivity index (χ4n) is 2.93. The van der Waals surface area contributed by atoms with Crippen LogP contribution in [0.15, 0.2) is 29.2 Å². The van der Waals surface area contributed by atoms with Crippen LogP contribution in [0.3, 0.4) is 0 Å². The molecule has 1 atom stereocenters. The third kappa shape index (κ3) is 4.15. The van der Waals surface area contributed by atoms with Crippen molar-refractivity contribution in [1.82, 2.24) is 14.1 Å². The van der Waals surface area contributed by atoms with Gasteiger partial charge in [0.2, 0.25) is 15.9 Å². The zero-order valence-electron chi connectivity index (χ0n) is 14.9. The van der Waals surface area contributed by atoms with Gasteiger partial charge in [-0.05, 0) is 32.4 Å². The maximum Gasteiger partial charge on any atom is 0.243 e. The van der Waals surface area contributed by atoms with E-state index in [9.17, 15) is 13.2 Å². The van der Waals surface area contributed by atoms with Gasteiger partial charge in [-0.3, -0.25) is 9.69 Å². The molecule has 0 bridgehead atoms. The van der Waals surface area contributed by atoms with Crippen molar-refractivity contribution in [1.29, 1.82) is 0 Å². The largest absolute Gasteiger partial charge is 0.347 e. The van der Waals surface area contributed by atoms with Crippen LogP contribution in [0.5, 0.6) is 0 Å². The molecule has 7 heteroatoms. The highest BCUT2D eigenvalue weighted by molar-refractivity contribution is 7.89. The Morgan fingerprint density at radius 1 is 1.08 bits per heavy atom. The highest BCUT2D eigenvalue weighted by atomic mass is 32.2. The molecule has 0 spiro atoms. The van der Waals surface area contributed by atoms with Crippen molar-refractivity contribution in [2.45, 2.75) is 31.2 Å². The van der Waals surface area contributed by atoms with Crippen molar-refractivity contribution in [2.24, 2.45) is 0 Å². The van der Waals surface area contributed by atoms with E-state index in [0.717, 1.165) is 18.5 Å². The lowest BCUT2D eigenvalue weighted by Gasteiger charge is -2.28. The molecule has 0 aliphatic carbocycles. The average molecular weight is 353 g/mol. The lowest BCUT2D eigenvalue weighted by atomic mass is 10.2. The summed E-state index contributed by atoms with van der Waals surface area (Å²) < 4.78 is 27.1. The van der Waals surface area contributed by atoms with Crippen LogP contribution in [0.2, 0.25) is 0 Å². The van der Waals surface area contributed by atoms with E-state index in [1.165, 1.54) is 4.31 Å². The van der Waals surface area contributed by atoms with Gasteiger partial charge in [-0.2, -0.15) is 4.31 Å². The fourth-order valence-corrected chi connectivity index (χ4v) is 4.40. The van der Waals surface area contributed by atoms with Gasteiger partial charge in [0.15, 0.2) is 0 Å². The van der Waals surface area contributed by atoms with Crippen LogP contribution < -0.4 is 0 Å². The quantitative estimate of drug-likeness (QED) is 0.815. The molecule has 1 aromatic rings. The summed E-state index contributed by atoms with van der Waals surface area (Å²) in [5.74, 6) is 0.0461. The Labute approximate surface area is 145 Å². The molecule has 1 aliphatic rings. The maximum absolute atomic E-state index is 12.8. The Bertz CT molecular complexity index is 671. The Morgan fingerprint density at radius 2 is 1.71 bits per heavy atom. The predicted molar refractivity (Wildman–Crippen MR) is 94.3 cm³/mol. The Kier molecular flexibility index (Phi) is 6.01. The smallest absolute Gasteiger partial charge is 0.243 e. The van der Waals surface area contributed by atoms with Crippen molar-refractivity contribution in [3.05, 3.63) is 29.8 Å². The van der Waals surface area contributed by atoms with Gasteiger partial charge < -0.3 is 4.90 Å². The highest BCUT2D eigenvalue weighted by Crippen LogP contribution is 2.19. The minimum atomic E-state index is -3.48. The summed E-state index contributed by atoms with van der Waals surface area (Å²) >= 11 is 0. The molecule has 1 saturated heterocycles. The number of hydrogen-bond acceptors (Lipinski definition) is 4. The number of amides is 1. The number of rotatable bonds is 4. The van der Waals surface area contributed by atoms with Crippen LogP contribution in [0, 0.1) is 6.92 Å². The second kappa shape index (κ2) is 7.63. The first kappa shape index (κ1) is 18.9. The van der Waals surface area contributed by atoms with E-state index in [-0.39, 0.29) is 11.9 Å². The van der Waals surface area contributed by atoms with Gasteiger partial charge in [-0.15, -0.1) is 0 Å². The zero-order chi connectivity index (χ0) is 17.9. The Morgan fingerprint density at radius 3 is 2.29 bits per heavy atom. The summed E-state index contributed by atoms with van der Waals surface area (Å²) in [7, 11) is 0.00525. The van der Waals surface area contributed by atoms with E-state index in [1.807, 2.05) is 26.0 Å². The summed E-state index contributed by atoms with van der Waals surface area (Å²) in [4.78, 5) is 16.1. The van der Waals surface area contributed by atoms with Crippen LogP contribution in [0.25, 0.3) is 0 Å². The molecule has 1 amide bonds. The van der Waals surface area contributed by atoms with Crippen LogP contribution in [0.4, 0.5) is 0 Å². The standard InChI is InChI=1S/C17H27N3O3S/c1-14-6-8-16(9-7-14)24(22,23)20-11-5-10-19(12-13-20)15(2)17(21)18(3)4/h6-9,15H,5,10-13H2,1-4H3/t15-/m1/s1. The minimum absolute atomic E-state index is 0.0461. The van der Waals surface area contributed by atoms with Gasteiger partial charge in [-0.1, -0.05) is 17.7 Å². The normalized spacial score (nSPS) is 18.8. The maximum atomic E-state index is 12.8. The first-order chi connectivity index (χ1) is 11.2. The van der Waals surface area contributed by atoms with Gasteiger partial charge in [-0.25, -0.2) is 8.42 Å². The van der Waals surface area contributed by atoms with Gasteiger partial charge in [0, 0.05) is 40.3 Å². The molecule has 0 unspecified atom stereocenters. The lowest BCUT2D eigenvalue weighted by Crippen LogP contribution is -2.46. The van der Waals surface area contributed by atoms with Crippen LogP contribution in [0.1, 0.15) is 18.9 Å². The molecule has 2 rings (SSSR count). The topological polar surface area (TPSA) is 60.9 Å². The molecule has 0 aromatic heterocycles. The summed E-state index contributed by atoms with van der Waals surface area (Å²) in [6.07, 6.45) is 0.718. The van der Waals surface area contributed by atoms with Crippen molar-refractivity contribution in [3.8, 4) is 0 Å². The summed E-state index contributed by atoms with van der Waals surface area (Å²) in [5, 5.41) is 0. The molecular weight excluding hydrogens is 326 g/mol. The molecule has 1 aliphatic heterocycles. The molecule has 134 valence electrons. The second-order valence-electron chi connectivity index (χ2n) is 6.52. The van der Waals surface area contributed by atoms with Crippen molar-refractivity contribution < 1.29 is 13.2 Å². The fraction of sp³-hybridized carbons (Fsp3) is 0.588. The Balaban J connectivity index is 2.10. The van der Waals surface area contributed by atoms with Crippen LogP contribution in [-0.4, -0.2) is 74.7 Å². The monoisotopic (exact) mass is 353 g/mol. The van der Waals surface area contributed by atoms with E-state index >= 15 is 0 Å². The Hall–Kier alpha value is -1.44. The summed E-state index contributed by atoms with van der Waals surface area (Å²) in [5.41, 5.74) is 1.03. The van der Waals surface area contributed by atoms with Gasteiger partial charge >= 0.3 is 0 Å². The number of nitrogens with zero attached hydrogens (tertiary/aromatic N) is 3. The van der Waals surface area contributed by atoms with Crippen molar-refractivity contribution in [2.75, 3.05) is 40.3 Å². The number of carbonyl (C=O) groups excluding carboxylic acids is 1. The number of sulfonamides is 1.